The highest BCUT2D eigenvalue weighted by molar-refractivity contribution is 5.95. The molecule has 0 aliphatic carbocycles. The molecule has 0 saturated carbocycles. The molecule has 3 heterocycles. The molecule has 1 saturated heterocycles. The summed E-state index contributed by atoms with van der Waals surface area (Å²) in [5.74, 6) is 1.46. The molecule has 1 fully saturated rings. The van der Waals surface area contributed by atoms with Gasteiger partial charge in [0.2, 0.25) is 5.95 Å². The molecule has 11 heteroatoms. The fourth-order valence-corrected chi connectivity index (χ4v) is 4.83. The number of nitrogens with one attached hydrogen (secondary N) is 2. The first-order valence-corrected chi connectivity index (χ1v) is 13.5. The molecule has 4 aromatic rings. The van der Waals surface area contributed by atoms with E-state index < -0.39 is 0 Å². The number of pyridine rings is 1. The molecule has 1 aliphatic rings. The zero-order chi connectivity index (χ0) is 29.1. The number of anilines is 2. The van der Waals surface area contributed by atoms with Crippen molar-refractivity contribution in [2.45, 2.75) is 19.1 Å². The third kappa shape index (κ3) is 6.31. The number of likely N-dealkylation sites (N-methyl/N-ethyl adjacent to an activating group) is 1. The number of amides is 2. The average Bonchev–Trinajstić information content (AvgIpc) is 3.27. The van der Waals surface area contributed by atoms with Crippen molar-refractivity contribution >= 4 is 34.5 Å². The Kier molecular flexibility index (Phi) is 8.18. The summed E-state index contributed by atoms with van der Waals surface area (Å²) in [6.07, 6.45) is 1.53. The van der Waals surface area contributed by atoms with Crippen LogP contribution in [0.4, 0.5) is 11.6 Å². The second kappa shape index (κ2) is 11.9. The molecule has 2 amide bonds. The Labute approximate surface area is 239 Å². The number of nitrogens with zero attached hydrogens (tertiary/aromatic N) is 5. The van der Waals surface area contributed by atoms with Gasteiger partial charge in [0.1, 0.15) is 17.2 Å². The fourth-order valence-electron chi connectivity index (χ4n) is 4.83. The minimum absolute atomic E-state index is 0.000661. The largest absolute Gasteiger partial charge is 0.457 e. The summed E-state index contributed by atoms with van der Waals surface area (Å²) in [6.45, 7) is 3.89. The third-order valence-electron chi connectivity index (χ3n) is 7.00. The maximum absolute atomic E-state index is 13.3. The van der Waals surface area contributed by atoms with E-state index in [1.807, 2.05) is 80.0 Å². The van der Waals surface area contributed by atoms with Crippen molar-refractivity contribution in [3.63, 3.8) is 0 Å². The molecular formula is C30H35N7O4. The number of fused-ring (bicyclic) bond motifs is 1. The minimum atomic E-state index is -0.284. The number of carbonyl (C=O) groups is 2. The van der Waals surface area contributed by atoms with Gasteiger partial charge in [-0.3, -0.25) is 14.6 Å². The Morgan fingerprint density at radius 2 is 1.85 bits per heavy atom. The van der Waals surface area contributed by atoms with Gasteiger partial charge < -0.3 is 34.5 Å². The zero-order valence-electron chi connectivity index (χ0n) is 23.9. The van der Waals surface area contributed by atoms with E-state index in [0.717, 1.165) is 23.3 Å². The van der Waals surface area contributed by atoms with E-state index in [1.165, 1.54) is 6.20 Å². The van der Waals surface area contributed by atoms with Crippen molar-refractivity contribution in [2.75, 3.05) is 46.2 Å². The number of aryl methyl sites for hydroxylation is 1. The average molecular weight is 558 g/mol. The standard InChI is InChI=1S/C30H35N7O4/c1-19-18-40-24(16-35(3)4)17-37(19)29(39)20-6-8-21(9-7-20)33-30-34-25-14-22(10-11-27(25)36(30)5)41-23-12-13-32-26(15-23)28(38)31-2/h6-15,19,24H,16-18H2,1-5H3,(H,31,38)(H,33,34)/t19-,24?/m0/s1. The van der Waals surface area contributed by atoms with Crippen molar-refractivity contribution in [1.82, 2.24) is 29.7 Å². The van der Waals surface area contributed by atoms with E-state index >= 15 is 0 Å². The van der Waals surface area contributed by atoms with Gasteiger partial charge in [-0.1, -0.05) is 0 Å². The van der Waals surface area contributed by atoms with Crippen molar-refractivity contribution in [2.24, 2.45) is 7.05 Å². The van der Waals surface area contributed by atoms with Gasteiger partial charge in [0, 0.05) is 56.8 Å². The van der Waals surface area contributed by atoms with Gasteiger partial charge in [0.05, 0.1) is 29.8 Å². The number of ether oxygens (including phenoxy) is 2. The monoisotopic (exact) mass is 557 g/mol. The molecule has 0 spiro atoms. The van der Waals surface area contributed by atoms with Crippen LogP contribution in [0.25, 0.3) is 11.0 Å². The quantitative estimate of drug-likeness (QED) is 0.338. The maximum atomic E-state index is 13.3. The molecule has 0 bridgehead atoms. The first-order valence-electron chi connectivity index (χ1n) is 13.5. The highest BCUT2D eigenvalue weighted by Gasteiger charge is 2.30. The van der Waals surface area contributed by atoms with Crippen LogP contribution >= 0.6 is 0 Å². The number of morpholine rings is 1. The van der Waals surface area contributed by atoms with Gasteiger partial charge >= 0.3 is 0 Å². The zero-order valence-corrected chi connectivity index (χ0v) is 23.9. The summed E-state index contributed by atoms with van der Waals surface area (Å²) in [5, 5.41) is 5.90. The summed E-state index contributed by atoms with van der Waals surface area (Å²) in [4.78, 5) is 38.0. The lowest BCUT2D eigenvalue weighted by Gasteiger charge is -2.39. The van der Waals surface area contributed by atoms with E-state index in [9.17, 15) is 9.59 Å². The normalized spacial score (nSPS) is 17.1. The van der Waals surface area contributed by atoms with Crippen LogP contribution in [0.1, 0.15) is 27.8 Å². The molecule has 0 radical (unpaired) electrons. The van der Waals surface area contributed by atoms with Gasteiger partial charge in [0.15, 0.2) is 0 Å². The molecule has 2 aromatic carbocycles. The number of hydrogen-bond acceptors (Lipinski definition) is 8. The van der Waals surface area contributed by atoms with Crippen LogP contribution in [-0.2, 0) is 11.8 Å². The summed E-state index contributed by atoms with van der Waals surface area (Å²) in [6, 6.07) is 16.4. The summed E-state index contributed by atoms with van der Waals surface area (Å²) < 4.78 is 13.8. The molecule has 11 nitrogen and oxygen atoms in total. The van der Waals surface area contributed by atoms with Crippen LogP contribution in [0, 0.1) is 0 Å². The lowest BCUT2D eigenvalue weighted by Crippen LogP contribution is -2.53. The lowest BCUT2D eigenvalue weighted by molar-refractivity contribution is -0.0546. The molecule has 1 aliphatic heterocycles. The number of aromatic nitrogens is 3. The lowest BCUT2D eigenvalue weighted by atomic mass is 10.1. The predicted molar refractivity (Wildman–Crippen MR) is 157 cm³/mol. The van der Waals surface area contributed by atoms with Gasteiger partial charge in [-0.05, 0) is 63.5 Å². The number of imidazole rings is 1. The molecule has 5 rings (SSSR count). The van der Waals surface area contributed by atoms with E-state index in [0.29, 0.717) is 36.2 Å². The second-order valence-electron chi connectivity index (χ2n) is 10.4. The molecule has 2 aromatic heterocycles. The van der Waals surface area contributed by atoms with Crippen LogP contribution in [0.2, 0.25) is 0 Å². The number of carbonyl (C=O) groups excluding carboxylic acids is 2. The van der Waals surface area contributed by atoms with Gasteiger partial charge in [-0.15, -0.1) is 0 Å². The van der Waals surface area contributed by atoms with Gasteiger partial charge in [-0.25, -0.2) is 4.98 Å². The highest BCUT2D eigenvalue weighted by atomic mass is 16.5. The smallest absolute Gasteiger partial charge is 0.269 e. The summed E-state index contributed by atoms with van der Waals surface area (Å²) >= 11 is 0. The van der Waals surface area contributed by atoms with Gasteiger partial charge in [-0.2, -0.15) is 0 Å². The van der Waals surface area contributed by atoms with Crippen molar-refractivity contribution < 1.29 is 19.1 Å². The highest BCUT2D eigenvalue weighted by Crippen LogP contribution is 2.28. The van der Waals surface area contributed by atoms with Crippen LogP contribution in [-0.4, -0.2) is 89.1 Å². The number of benzene rings is 2. The van der Waals surface area contributed by atoms with Crippen molar-refractivity contribution in [3.8, 4) is 11.5 Å². The molecule has 2 N–H and O–H groups in total. The van der Waals surface area contributed by atoms with Crippen LogP contribution < -0.4 is 15.4 Å². The third-order valence-corrected chi connectivity index (χ3v) is 7.00. The van der Waals surface area contributed by atoms with Crippen molar-refractivity contribution in [1.29, 1.82) is 0 Å². The van der Waals surface area contributed by atoms with Crippen LogP contribution in [0.3, 0.4) is 0 Å². The first-order chi connectivity index (χ1) is 19.7. The Hall–Kier alpha value is -4.48. The second-order valence-corrected chi connectivity index (χ2v) is 10.4. The van der Waals surface area contributed by atoms with Crippen LogP contribution in [0.5, 0.6) is 11.5 Å². The Morgan fingerprint density at radius 1 is 1.10 bits per heavy atom. The van der Waals surface area contributed by atoms with E-state index in [4.69, 9.17) is 14.5 Å². The fraction of sp³-hybridized carbons (Fsp3) is 0.333. The molecular weight excluding hydrogens is 522 g/mol. The van der Waals surface area contributed by atoms with E-state index in [2.05, 4.69) is 20.5 Å². The Morgan fingerprint density at radius 3 is 2.59 bits per heavy atom. The topological polar surface area (TPSA) is 114 Å². The first kappa shape index (κ1) is 28.1. The molecule has 41 heavy (non-hydrogen) atoms. The molecule has 2 atom stereocenters. The summed E-state index contributed by atoms with van der Waals surface area (Å²) in [7, 11) is 7.49. The molecule has 1 unspecified atom stereocenters. The van der Waals surface area contributed by atoms with Crippen LogP contribution in [0.15, 0.2) is 60.8 Å². The Balaban J connectivity index is 1.28. The van der Waals surface area contributed by atoms with Gasteiger partial charge in [0.25, 0.3) is 11.8 Å². The van der Waals surface area contributed by atoms with E-state index in [1.54, 1.807) is 19.2 Å². The predicted octanol–water partition coefficient (Wildman–Crippen LogP) is 3.65. The number of rotatable bonds is 8. The molecule has 214 valence electrons. The van der Waals surface area contributed by atoms with E-state index in [-0.39, 0.29) is 29.7 Å². The minimum Gasteiger partial charge on any atom is -0.457 e. The summed E-state index contributed by atoms with van der Waals surface area (Å²) in [5.41, 5.74) is 3.39. The maximum Gasteiger partial charge on any atom is 0.269 e. The number of hydrogen-bond donors (Lipinski definition) is 2. The SMILES string of the molecule is CNC(=O)c1cc(Oc2ccc3c(c2)nc(Nc2ccc(C(=O)N4CC(CN(C)C)OC[C@@H]4C)cc2)n3C)ccn1. The van der Waals surface area contributed by atoms with Crippen molar-refractivity contribution in [3.05, 3.63) is 72.1 Å². The Bertz CT molecular complexity index is 1550.